The first-order valence-corrected chi connectivity index (χ1v) is 5.70. The number of hydrogen-bond acceptors (Lipinski definition) is 4. The normalized spacial score (nSPS) is 10.0. The van der Waals surface area contributed by atoms with E-state index >= 15 is 0 Å². The molecule has 0 aromatic heterocycles. The van der Waals surface area contributed by atoms with Crippen molar-refractivity contribution in [3.8, 4) is 28.4 Å². The number of rotatable bonds is 4. The Morgan fingerprint density at radius 3 is 2.42 bits per heavy atom. The summed E-state index contributed by atoms with van der Waals surface area (Å²) in [5, 5.41) is 9.72. The van der Waals surface area contributed by atoms with Crippen LogP contribution in [0.4, 0.5) is 0 Å². The lowest BCUT2D eigenvalue weighted by Gasteiger charge is -2.11. The highest BCUT2D eigenvalue weighted by molar-refractivity contribution is 5.82. The highest BCUT2D eigenvalue weighted by atomic mass is 16.5. The van der Waals surface area contributed by atoms with Crippen LogP contribution in [0.1, 0.15) is 10.4 Å². The van der Waals surface area contributed by atoms with Crippen LogP contribution in [0, 0.1) is 0 Å². The van der Waals surface area contributed by atoms with E-state index in [9.17, 15) is 9.90 Å². The lowest BCUT2D eigenvalue weighted by Crippen LogP contribution is -1.91. The fourth-order valence-corrected chi connectivity index (χ4v) is 1.85. The summed E-state index contributed by atoms with van der Waals surface area (Å²) in [4.78, 5) is 10.7. The summed E-state index contributed by atoms with van der Waals surface area (Å²) in [7, 11) is 3.15. The molecule has 0 saturated carbocycles. The fourth-order valence-electron chi connectivity index (χ4n) is 1.85. The van der Waals surface area contributed by atoms with E-state index in [0.717, 1.165) is 11.1 Å². The van der Waals surface area contributed by atoms with Crippen LogP contribution in [0.3, 0.4) is 0 Å². The smallest absolute Gasteiger partial charge is 0.153 e. The number of phenols is 1. The third kappa shape index (κ3) is 2.52. The minimum Gasteiger partial charge on any atom is -0.507 e. The molecule has 2 aromatic rings. The van der Waals surface area contributed by atoms with Crippen molar-refractivity contribution in [1.82, 2.24) is 0 Å². The van der Waals surface area contributed by atoms with Crippen molar-refractivity contribution in [2.45, 2.75) is 0 Å². The summed E-state index contributed by atoms with van der Waals surface area (Å²) < 4.78 is 10.4. The molecular formula is C15H14O4. The van der Waals surface area contributed by atoms with Gasteiger partial charge in [0.1, 0.15) is 17.2 Å². The number of hydrogen-bond donors (Lipinski definition) is 1. The van der Waals surface area contributed by atoms with Gasteiger partial charge in [0.25, 0.3) is 0 Å². The van der Waals surface area contributed by atoms with Gasteiger partial charge in [0, 0.05) is 11.6 Å². The van der Waals surface area contributed by atoms with Gasteiger partial charge in [-0.1, -0.05) is 6.07 Å². The second-order valence-electron chi connectivity index (χ2n) is 3.96. The molecule has 0 unspecified atom stereocenters. The first-order chi connectivity index (χ1) is 9.19. The number of aromatic hydroxyl groups is 1. The van der Waals surface area contributed by atoms with E-state index in [1.807, 2.05) is 12.1 Å². The van der Waals surface area contributed by atoms with Crippen LogP contribution in [0.5, 0.6) is 17.2 Å². The van der Waals surface area contributed by atoms with Crippen molar-refractivity contribution in [2.24, 2.45) is 0 Å². The van der Waals surface area contributed by atoms with Crippen molar-refractivity contribution >= 4 is 6.29 Å². The third-order valence-electron chi connectivity index (χ3n) is 2.88. The summed E-state index contributed by atoms with van der Waals surface area (Å²) in [6.07, 6.45) is 0.615. The lowest BCUT2D eigenvalue weighted by atomic mass is 10.0. The number of ether oxygens (including phenoxy) is 2. The Morgan fingerprint density at radius 1 is 1.05 bits per heavy atom. The van der Waals surface area contributed by atoms with E-state index in [2.05, 4.69) is 0 Å². The van der Waals surface area contributed by atoms with Gasteiger partial charge in [-0.05, 0) is 29.8 Å². The highest BCUT2D eigenvalue weighted by Gasteiger charge is 2.09. The number of carbonyl (C=O) groups is 1. The first-order valence-electron chi connectivity index (χ1n) is 5.70. The Kier molecular flexibility index (Phi) is 3.71. The molecular weight excluding hydrogens is 244 g/mol. The van der Waals surface area contributed by atoms with Crippen LogP contribution in [-0.4, -0.2) is 25.6 Å². The first kappa shape index (κ1) is 13.0. The molecule has 0 aliphatic rings. The van der Waals surface area contributed by atoms with Crippen LogP contribution in [0.25, 0.3) is 11.1 Å². The number of aldehydes is 1. The van der Waals surface area contributed by atoms with E-state index in [4.69, 9.17) is 9.47 Å². The van der Waals surface area contributed by atoms with E-state index in [1.54, 1.807) is 32.4 Å². The summed E-state index contributed by atoms with van der Waals surface area (Å²) in [6.45, 7) is 0. The molecule has 0 atom stereocenters. The van der Waals surface area contributed by atoms with Gasteiger partial charge in [-0.2, -0.15) is 0 Å². The molecule has 98 valence electrons. The van der Waals surface area contributed by atoms with Crippen LogP contribution in [0.2, 0.25) is 0 Å². The van der Waals surface area contributed by atoms with Crippen molar-refractivity contribution in [2.75, 3.05) is 14.2 Å². The van der Waals surface area contributed by atoms with Gasteiger partial charge >= 0.3 is 0 Å². The summed E-state index contributed by atoms with van der Waals surface area (Å²) in [5.41, 5.74) is 1.84. The van der Waals surface area contributed by atoms with Crippen molar-refractivity contribution < 1.29 is 19.4 Å². The van der Waals surface area contributed by atoms with E-state index in [1.165, 1.54) is 6.07 Å². The molecule has 0 fully saturated rings. The minimum absolute atomic E-state index is 0.0506. The van der Waals surface area contributed by atoms with Crippen molar-refractivity contribution in [3.63, 3.8) is 0 Å². The zero-order valence-corrected chi connectivity index (χ0v) is 10.7. The molecule has 2 aromatic carbocycles. The molecule has 0 aliphatic heterocycles. The van der Waals surface area contributed by atoms with E-state index < -0.39 is 0 Å². The number of methoxy groups -OCH3 is 2. The maximum Gasteiger partial charge on any atom is 0.153 e. The Balaban J connectivity index is 2.52. The third-order valence-corrected chi connectivity index (χ3v) is 2.88. The van der Waals surface area contributed by atoms with E-state index in [-0.39, 0.29) is 11.3 Å². The van der Waals surface area contributed by atoms with Crippen molar-refractivity contribution in [3.05, 3.63) is 42.0 Å². The predicted molar refractivity (Wildman–Crippen MR) is 72.0 cm³/mol. The lowest BCUT2D eigenvalue weighted by molar-refractivity contribution is 0.112. The van der Waals surface area contributed by atoms with Crippen LogP contribution >= 0.6 is 0 Å². The average Bonchev–Trinajstić information content (AvgIpc) is 2.46. The minimum atomic E-state index is -0.0506. The quantitative estimate of drug-likeness (QED) is 0.857. The maximum absolute atomic E-state index is 10.7. The largest absolute Gasteiger partial charge is 0.507 e. The van der Waals surface area contributed by atoms with Gasteiger partial charge < -0.3 is 14.6 Å². The van der Waals surface area contributed by atoms with Crippen molar-refractivity contribution in [1.29, 1.82) is 0 Å². The molecule has 1 N–H and O–H groups in total. The summed E-state index contributed by atoms with van der Waals surface area (Å²) >= 11 is 0. The monoisotopic (exact) mass is 258 g/mol. The van der Waals surface area contributed by atoms with Gasteiger partial charge in [0.15, 0.2) is 6.29 Å². The number of carbonyl (C=O) groups excluding carboxylic acids is 1. The molecule has 0 amide bonds. The van der Waals surface area contributed by atoms with Gasteiger partial charge in [-0.15, -0.1) is 0 Å². The van der Waals surface area contributed by atoms with Gasteiger partial charge in [0.05, 0.1) is 19.8 Å². The molecule has 19 heavy (non-hydrogen) atoms. The molecule has 4 heteroatoms. The second kappa shape index (κ2) is 5.44. The topological polar surface area (TPSA) is 55.8 Å². The van der Waals surface area contributed by atoms with Gasteiger partial charge in [0.2, 0.25) is 0 Å². The summed E-state index contributed by atoms with van der Waals surface area (Å²) in [5.74, 6) is 1.28. The predicted octanol–water partition coefficient (Wildman–Crippen LogP) is 2.89. The Labute approximate surface area is 111 Å². The molecule has 0 heterocycles. The molecule has 2 rings (SSSR count). The Morgan fingerprint density at radius 2 is 1.84 bits per heavy atom. The molecule has 4 nitrogen and oxygen atoms in total. The fraction of sp³-hybridized carbons (Fsp3) is 0.133. The molecule has 0 radical (unpaired) electrons. The number of benzene rings is 2. The van der Waals surface area contributed by atoms with Gasteiger partial charge in [-0.3, -0.25) is 4.79 Å². The SMILES string of the molecule is COc1ccc(-c2ccc(C=O)c(O)c2)c(OC)c1. The Bertz CT molecular complexity index is 605. The number of phenolic OH excluding ortho intramolecular Hbond substituents is 1. The summed E-state index contributed by atoms with van der Waals surface area (Å²) in [6, 6.07) is 10.3. The highest BCUT2D eigenvalue weighted by Crippen LogP contribution is 2.35. The zero-order valence-electron chi connectivity index (χ0n) is 10.7. The van der Waals surface area contributed by atoms with Crippen LogP contribution in [-0.2, 0) is 0 Å². The molecule has 0 spiro atoms. The van der Waals surface area contributed by atoms with E-state index in [0.29, 0.717) is 17.8 Å². The zero-order chi connectivity index (χ0) is 13.8. The Hall–Kier alpha value is -2.49. The molecule has 0 aliphatic carbocycles. The van der Waals surface area contributed by atoms with Crippen LogP contribution < -0.4 is 9.47 Å². The van der Waals surface area contributed by atoms with Gasteiger partial charge in [-0.25, -0.2) is 0 Å². The average molecular weight is 258 g/mol. The second-order valence-corrected chi connectivity index (χ2v) is 3.96. The standard InChI is InChI=1S/C15H14O4/c1-18-12-5-6-13(15(8-12)19-2)10-3-4-11(9-16)14(17)7-10/h3-9,17H,1-2H3. The molecule has 0 bridgehead atoms. The molecule has 0 saturated heterocycles. The van der Waals surface area contributed by atoms with Crippen LogP contribution in [0.15, 0.2) is 36.4 Å². The maximum atomic E-state index is 10.7.